The Morgan fingerprint density at radius 2 is 1.19 bits per heavy atom. The van der Waals surface area contributed by atoms with Crippen LogP contribution in [-0.4, -0.2) is 4.98 Å². The van der Waals surface area contributed by atoms with E-state index >= 15 is 0 Å². The molecule has 3 aromatic heterocycles. The van der Waals surface area contributed by atoms with Crippen LogP contribution in [0, 0.1) is 0 Å². The molecule has 0 saturated carbocycles. The number of para-hydroxylation sites is 1. The third-order valence-electron chi connectivity index (χ3n) is 8.29. The van der Waals surface area contributed by atoms with Gasteiger partial charge < -0.3 is 9.32 Å². The molecule has 0 radical (unpaired) electrons. The summed E-state index contributed by atoms with van der Waals surface area (Å²) in [6.07, 6.45) is 1.86. The molecule has 202 valence electrons. The van der Waals surface area contributed by atoms with Crippen molar-refractivity contribution in [2.45, 2.75) is 0 Å². The first-order valence-corrected chi connectivity index (χ1v) is 15.2. The van der Waals surface area contributed by atoms with Crippen molar-refractivity contribution in [2.75, 3.05) is 4.90 Å². The summed E-state index contributed by atoms with van der Waals surface area (Å²) in [5.74, 6) is 0. The van der Waals surface area contributed by atoms with Crippen LogP contribution in [0.15, 0.2) is 150 Å². The predicted molar refractivity (Wildman–Crippen MR) is 182 cm³/mol. The number of pyridine rings is 1. The fraction of sp³-hybridized carbons (Fsp3) is 0. The topological polar surface area (TPSA) is 29.3 Å². The van der Waals surface area contributed by atoms with E-state index in [-0.39, 0.29) is 0 Å². The molecular formula is C39H24N2OS. The summed E-state index contributed by atoms with van der Waals surface area (Å²) in [4.78, 5) is 6.94. The molecule has 0 amide bonds. The Morgan fingerprint density at radius 3 is 2.07 bits per heavy atom. The van der Waals surface area contributed by atoms with E-state index in [2.05, 4.69) is 131 Å². The van der Waals surface area contributed by atoms with E-state index in [0.29, 0.717) is 0 Å². The van der Waals surface area contributed by atoms with Gasteiger partial charge in [0.05, 0.1) is 5.52 Å². The highest BCUT2D eigenvalue weighted by molar-refractivity contribution is 7.25. The Morgan fingerprint density at radius 1 is 0.488 bits per heavy atom. The van der Waals surface area contributed by atoms with E-state index in [1.165, 1.54) is 31.3 Å². The smallest absolute Gasteiger partial charge is 0.135 e. The van der Waals surface area contributed by atoms with Gasteiger partial charge in [0.1, 0.15) is 11.2 Å². The summed E-state index contributed by atoms with van der Waals surface area (Å²) in [5.41, 5.74) is 8.52. The normalized spacial score (nSPS) is 11.7. The lowest BCUT2D eigenvalue weighted by atomic mass is 10.0. The number of hydrogen-bond donors (Lipinski definition) is 0. The lowest BCUT2D eigenvalue weighted by Crippen LogP contribution is -2.09. The van der Waals surface area contributed by atoms with Gasteiger partial charge in [-0.2, -0.15) is 0 Å². The molecule has 0 atom stereocenters. The summed E-state index contributed by atoms with van der Waals surface area (Å²) in [7, 11) is 0. The van der Waals surface area contributed by atoms with Gasteiger partial charge in [0.25, 0.3) is 0 Å². The maximum absolute atomic E-state index is 6.17. The number of hydrogen-bond acceptors (Lipinski definition) is 4. The van der Waals surface area contributed by atoms with Gasteiger partial charge >= 0.3 is 0 Å². The van der Waals surface area contributed by atoms with Gasteiger partial charge in [0.2, 0.25) is 0 Å². The van der Waals surface area contributed by atoms with Gasteiger partial charge in [0, 0.05) is 59.6 Å². The Labute approximate surface area is 251 Å². The van der Waals surface area contributed by atoms with E-state index in [1.807, 2.05) is 35.7 Å². The van der Waals surface area contributed by atoms with Crippen LogP contribution < -0.4 is 4.90 Å². The molecular weight excluding hydrogens is 545 g/mol. The van der Waals surface area contributed by atoms with Crippen molar-refractivity contribution >= 4 is 81.4 Å². The molecule has 0 saturated heterocycles. The molecule has 0 unspecified atom stereocenters. The molecule has 9 rings (SSSR count). The molecule has 0 fully saturated rings. The largest absolute Gasteiger partial charge is 0.456 e. The van der Waals surface area contributed by atoms with Crippen molar-refractivity contribution in [3.05, 3.63) is 146 Å². The maximum atomic E-state index is 6.17. The summed E-state index contributed by atoms with van der Waals surface area (Å²) >= 11 is 1.82. The minimum Gasteiger partial charge on any atom is -0.456 e. The van der Waals surface area contributed by atoms with Crippen molar-refractivity contribution in [1.82, 2.24) is 4.98 Å². The molecule has 9 aromatic rings. The summed E-state index contributed by atoms with van der Waals surface area (Å²) in [6, 6.07) is 49.6. The molecule has 0 spiro atoms. The van der Waals surface area contributed by atoms with Crippen LogP contribution in [0.4, 0.5) is 17.1 Å². The number of fused-ring (bicyclic) bond motifs is 7. The van der Waals surface area contributed by atoms with E-state index in [0.717, 1.165) is 49.9 Å². The number of rotatable bonds is 4. The monoisotopic (exact) mass is 568 g/mol. The summed E-state index contributed by atoms with van der Waals surface area (Å²) in [6.45, 7) is 0. The predicted octanol–water partition coefficient (Wildman–Crippen LogP) is 11.6. The van der Waals surface area contributed by atoms with Crippen LogP contribution in [-0.2, 0) is 0 Å². The van der Waals surface area contributed by atoms with E-state index in [9.17, 15) is 0 Å². The maximum Gasteiger partial charge on any atom is 0.135 e. The molecule has 0 aliphatic carbocycles. The first-order chi connectivity index (χ1) is 21.3. The van der Waals surface area contributed by atoms with Crippen molar-refractivity contribution in [1.29, 1.82) is 0 Å². The van der Waals surface area contributed by atoms with Gasteiger partial charge in [-0.15, -0.1) is 11.3 Å². The molecule has 3 heterocycles. The Bertz CT molecular complexity index is 2460. The minimum absolute atomic E-state index is 0.893. The lowest BCUT2D eigenvalue weighted by molar-refractivity contribution is 0.669. The Hall–Kier alpha value is -5.45. The van der Waals surface area contributed by atoms with E-state index < -0.39 is 0 Å². The van der Waals surface area contributed by atoms with Crippen LogP contribution in [0.5, 0.6) is 0 Å². The average molecular weight is 569 g/mol. The first kappa shape index (κ1) is 24.2. The number of nitrogens with zero attached hydrogens (tertiary/aromatic N) is 2. The zero-order chi connectivity index (χ0) is 28.3. The standard InChI is InChI=1S/C39H24N2OS/c1-2-7-25(8-3-1)26-12-14-28(15-13-26)41(29-16-18-37-32(22-29)31-10-4-5-11-36(31)42-37)30-17-19-38-34(23-30)33-21-27-9-6-20-40-35(27)24-39(33)43-38/h1-24H. The molecule has 0 N–H and O–H groups in total. The molecule has 0 bridgehead atoms. The van der Waals surface area contributed by atoms with E-state index in [4.69, 9.17) is 4.42 Å². The van der Waals surface area contributed by atoms with Gasteiger partial charge in [-0.1, -0.05) is 66.7 Å². The van der Waals surface area contributed by atoms with Crippen LogP contribution in [0.2, 0.25) is 0 Å². The van der Waals surface area contributed by atoms with Crippen LogP contribution >= 0.6 is 11.3 Å². The summed E-state index contributed by atoms with van der Waals surface area (Å²) < 4.78 is 8.69. The zero-order valence-electron chi connectivity index (χ0n) is 23.1. The van der Waals surface area contributed by atoms with Crippen molar-refractivity contribution < 1.29 is 4.42 Å². The summed E-state index contributed by atoms with van der Waals surface area (Å²) in [5, 5.41) is 5.91. The number of benzene rings is 6. The minimum atomic E-state index is 0.893. The van der Waals surface area contributed by atoms with Gasteiger partial charge in [-0.3, -0.25) is 4.98 Å². The fourth-order valence-corrected chi connectivity index (χ4v) is 7.31. The Kier molecular flexibility index (Phi) is 5.37. The highest BCUT2D eigenvalue weighted by atomic mass is 32.1. The van der Waals surface area contributed by atoms with Crippen molar-refractivity contribution in [2.24, 2.45) is 0 Å². The highest BCUT2D eigenvalue weighted by Gasteiger charge is 2.17. The third kappa shape index (κ3) is 3.99. The molecule has 0 aliphatic rings. The number of aromatic nitrogens is 1. The molecule has 6 aromatic carbocycles. The van der Waals surface area contributed by atoms with E-state index in [1.54, 1.807) is 0 Å². The second kappa shape index (κ2) is 9.55. The van der Waals surface area contributed by atoms with Gasteiger partial charge in [-0.25, -0.2) is 0 Å². The van der Waals surface area contributed by atoms with Gasteiger partial charge in [-0.05, 0) is 83.9 Å². The third-order valence-corrected chi connectivity index (χ3v) is 9.42. The molecule has 4 heteroatoms. The SMILES string of the molecule is c1ccc(-c2ccc(N(c3ccc4oc5ccccc5c4c3)c3ccc4sc5cc6ncccc6cc5c4c3)cc2)cc1. The van der Waals surface area contributed by atoms with Crippen LogP contribution in [0.25, 0.3) is 64.1 Å². The van der Waals surface area contributed by atoms with Crippen molar-refractivity contribution in [3.8, 4) is 11.1 Å². The van der Waals surface area contributed by atoms with Crippen molar-refractivity contribution in [3.63, 3.8) is 0 Å². The Balaban J connectivity index is 1.25. The molecule has 0 aliphatic heterocycles. The zero-order valence-corrected chi connectivity index (χ0v) is 23.9. The molecule has 3 nitrogen and oxygen atoms in total. The lowest BCUT2D eigenvalue weighted by Gasteiger charge is -2.26. The second-order valence-electron chi connectivity index (χ2n) is 10.9. The number of thiophene rings is 1. The number of furan rings is 1. The van der Waals surface area contributed by atoms with Crippen LogP contribution in [0.1, 0.15) is 0 Å². The highest BCUT2D eigenvalue weighted by Crippen LogP contribution is 2.43. The molecule has 43 heavy (non-hydrogen) atoms. The second-order valence-corrected chi connectivity index (χ2v) is 11.9. The fourth-order valence-electron chi connectivity index (χ4n) is 6.21. The first-order valence-electron chi connectivity index (χ1n) is 14.4. The van der Waals surface area contributed by atoms with Gasteiger partial charge in [0.15, 0.2) is 0 Å². The number of anilines is 3. The average Bonchev–Trinajstić information content (AvgIpc) is 3.62. The van der Waals surface area contributed by atoms with Crippen LogP contribution in [0.3, 0.4) is 0 Å². The quantitative estimate of drug-likeness (QED) is 0.211.